The molecule has 0 aromatic heterocycles. The Balaban J connectivity index is 3.84. The van der Waals surface area contributed by atoms with Gasteiger partial charge in [0.05, 0.1) is 12.6 Å². The fraction of sp³-hybridized carbons (Fsp3) is 0.900. The van der Waals surface area contributed by atoms with Crippen LogP contribution in [0.15, 0.2) is 5.11 Å². The molecule has 0 aromatic carbocycles. The van der Waals surface area contributed by atoms with Gasteiger partial charge in [-0.15, -0.1) is 0 Å². The van der Waals surface area contributed by atoms with Crippen LogP contribution >= 0.6 is 0 Å². The van der Waals surface area contributed by atoms with Gasteiger partial charge in [0, 0.05) is 17.3 Å². The van der Waals surface area contributed by atoms with Gasteiger partial charge in [0.1, 0.15) is 5.78 Å². The van der Waals surface area contributed by atoms with Crippen LogP contribution in [0.2, 0.25) is 0 Å². The fourth-order valence-corrected chi connectivity index (χ4v) is 1.13. The van der Waals surface area contributed by atoms with E-state index in [-0.39, 0.29) is 18.2 Å². The van der Waals surface area contributed by atoms with Gasteiger partial charge in [-0.25, -0.2) is 0 Å². The average Bonchev–Trinajstić information content (AvgIpc) is 2.21. The van der Waals surface area contributed by atoms with Gasteiger partial charge < -0.3 is 5.11 Å². The van der Waals surface area contributed by atoms with Crippen molar-refractivity contribution in [2.45, 2.75) is 39.7 Å². The highest BCUT2D eigenvalue weighted by Gasteiger charge is 2.17. The maximum Gasteiger partial charge on any atom is 0.136 e. The molecule has 0 amide bonds. The van der Waals surface area contributed by atoms with E-state index >= 15 is 0 Å². The second-order valence-corrected chi connectivity index (χ2v) is 4.10. The third-order valence-corrected chi connectivity index (χ3v) is 2.59. The minimum atomic E-state index is -0.704. The van der Waals surface area contributed by atoms with E-state index < -0.39 is 6.10 Å². The number of aliphatic hydroxyl groups excluding tert-OH is 1. The average molecular weight is 213 g/mol. The van der Waals surface area contributed by atoms with Crippen LogP contribution in [-0.2, 0) is 4.79 Å². The first-order valence-electron chi connectivity index (χ1n) is 5.20. The maximum absolute atomic E-state index is 11.5. The van der Waals surface area contributed by atoms with E-state index in [1.54, 1.807) is 0 Å². The molecule has 0 spiro atoms. The minimum Gasteiger partial charge on any atom is -0.393 e. The summed E-state index contributed by atoms with van der Waals surface area (Å²) >= 11 is 0. The number of rotatable bonds is 7. The Morgan fingerprint density at radius 3 is 2.53 bits per heavy atom. The van der Waals surface area contributed by atoms with E-state index in [1.807, 2.05) is 20.8 Å². The summed E-state index contributed by atoms with van der Waals surface area (Å²) in [4.78, 5) is 14.1. The molecule has 0 aliphatic carbocycles. The number of Topliss-reactive ketones (excluding diaryl/α,β-unsaturated/α-hetero) is 1. The second kappa shape index (κ2) is 7.26. The predicted octanol–water partition coefficient (Wildman–Crippen LogP) is 2.30. The molecule has 0 saturated carbocycles. The van der Waals surface area contributed by atoms with Crippen molar-refractivity contribution < 1.29 is 9.90 Å². The number of nitrogens with zero attached hydrogens (tertiary/aromatic N) is 3. The van der Waals surface area contributed by atoms with Crippen molar-refractivity contribution in [2.75, 3.05) is 6.54 Å². The first-order chi connectivity index (χ1) is 6.99. The standard InChI is InChI=1S/C10H19N3O2/c1-7(2)8(3)10(15)5-4-9(14)6-12-13-11/h7-9,14H,4-6H2,1-3H3. The van der Waals surface area contributed by atoms with Crippen LogP contribution in [0.4, 0.5) is 0 Å². The molecule has 86 valence electrons. The van der Waals surface area contributed by atoms with Crippen molar-refractivity contribution in [1.82, 2.24) is 0 Å². The van der Waals surface area contributed by atoms with E-state index in [0.717, 1.165) is 0 Å². The molecule has 0 aliphatic heterocycles. The van der Waals surface area contributed by atoms with Gasteiger partial charge in [-0.3, -0.25) is 4.79 Å². The summed E-state index contributed by atoms with van der Waals surface area (Å²) < 4.78 is 0. The van der Waals surface area contributed by atoms with Crippen molar-refractivity contribution in [3.63, 3.8) is 0 Å². The van der Waals surface area contributed by atoms with E-state index in [0.29, 0.717) is 18.8 Å². The Morgan fingerprint density at radius 2 is 2.07 bits per heavy atom. The number of carbonyl (C=O) groups is 1. The Kier molecular flexibility index (Phi) is 6.75. The second-order valence-electron chi connectivity index (χ2n) is 4.10. The van der Waals surface area contributed by atoms with Gasteiger partial charge in [0.15, 0.2) is 0 Å². The van der Waals surface area contributed by atoms with Crippen LogP contribution in [-0.4, -0.2) is 23.5 Å². The van der Waals surface area contributed by atoms with Gasteiger partial charge in [0.2, 0.25) is 0 Å². The van der Waals surface area contributed by atoms with E-state index in [2.05, 4.69) is 10.0 Å². The van der Waals surface area contributed by atoms with Crippen molar-refractivity contribution in [1.29, 1.82) is 0 Å². The SMILES string of the molecule is CC(C)C(C)C(=O)CCC(O)CN=[N+]=[N-]. The summed E-state index contributed by atoms with van der Waals surface area (Å²) in [6.45, 7) is 5.94. The summed E-state index contributed by atoms with van der Waals surface area (Å²) in [6, 6.07) is 0. The normalized spacial score (nSPS) is 14.5. The lowest BCUT2D eigenvalue weighted by molar-refractivity contribution is -0.124. The van der Waals surface area contributed by atoms with Gasteiger partial charge in [-0.1, -0.05) is 25.9 Å². The summed E-state index contributed by atoms with van der Waals surface area (Å²) in [5.74, 6) is 0.508. The molecule has 1 N–H and O–H groups in total. The van der Waals surface area contributed by atoms with E-state index in [9.17, 15) is 9.90 Å². The summed E-state index contributed by atoms with van der Waals surface area (Å²) in [5, 5.41) is 12.6. The largest absolute Gasteiger partial charge is 0.393 e. The maximum atomic E-state index is 11.5. The van der Waals surface area contributed by atoms with Crippen molar-refractivity contribution >= 4 is 5.78 Å². The summed E-state index contributed by atoms with van der Waals surface area (Å²) in [5.41, 5.74) is 8.03. The molecule has 2 unspecified atom stereocenters. The van der Waals surface area contributed by atoms with Gasteiger partial charge in [-0.2, -0.15) is 0 Å². The number of hydrogen-bond donors (Lipinski definition) is 1. The number of ketones is 1. The summed E-state index contributed by atoms with van der Waals surface area (Å²) in [6.07, 6.45) is 0.0142. The molecular formula is C10H19N3O2. The van der Waals surface area contributed by atoms with E-state index in [4.69, 9.17) is 5.53 Å². The van der Waals surface area contributed by atoms with Crippen LogP contribution in [0.5, 0.6) is 0 Å². The van der Waals surface area contributed by atoms with Crippen LogP contribution in [0.3, 0.4) is 0 Å². The zero-order valence-corrected chi connectivity index (χ0v) is 9.55. The van der Waals surface area contributed by atoms with Crippen molar-refractivity contribution in [2.24, 2.45) is 17.0 Å². The number of hydrogen-bond acceptors (Lipinski definition) is 3. The van der Waals surface area contributed by atoms with Crippen LogP contribution in [0.1, 0.15) is 33.6 Å². The molecule has 2 atom stereocenters. The Morgan fingerprint density at radius 1 is 1.47 bits per heavy atom. The quantitative estimate of drug-likeness (QED) is 0.399. The van der Waals surface area contributed by atoms with Gasteiger partial charge in [-0.05, 0) is 17.9 Å². The van der Waals surface area contributed by atoms with E-state index in [1.165, 1.54) is 0 Å². The smallest absolute Gasteiger partial charge is 0.136 e. The van der Waals surface area contributed by atoms with Crippen LogP contribution in [0, 0.1) is 11.8 Å². The number of carbonyl (C=O) groups excluding carboxylic acids is 1. The highest BCUT2D eigenvalue weighted by atomic mass is 16.3. The highest BCUT2D eigenvalue weighted by molar-refractivity contribution is 5.80. The van der Waals surface area contributed by atoms with Crippen LogP contribution in [0.25, 0.3) is 10.4 Å². The minimum absolute atomic E-state index is 0.0247. The molecule has 5 heteroatoms. The molecular weight excluding hydrogens is 194 g/mol. The molecule has 0 bridgehead atoms. The molecule has 0 aliphatic rings. The Bertz CT molecular complexity index is 247. The van der Waals surface area contributed by atoms with Crippen LogP contribution < -0.4 is 0 Å². The summed E-state index contributed by atoms with van der Waals surface area (Å²) in [7, 11) is 0. The molecule has 15 heavy (non-hydrogen) atoms. The highest BCUT2D eigenvalue weighted by Crippen LogP contribution is 2.14. The fourth-order valence-electron chi connectivity index (χ4n) is 1.13. The third-order valence-electron chi connectivity index (χ3n) is 2.59. The van der Waals surface area contributed by atoms with Gasteiger partial charge in [0.25, 0.3) is 0 Å². The molecule has 0 rings (SSSR count). The molecule has 0 heterocycles. The molecule has 0 radical (unpaired) electrons. The lowest BCUT2D eigenvalue weighted by Crippen LogP contribution is -2.19. The molecule has 0 fully saturated rings. The first-order valence-corrected chi connectivity index (χ1v) is 5.20. The number of aliphatic hydroxyl groups is 1. The number of azide groups is 1. The zero-order chi connectivity index (χ0) is 11.8. The molecule has 0 aromatic rings. The molecule has 5 nitrogen and oxygen atoms in total. The van der Waals surface area contributed by atoms with Gasteiger partial charge >= 0.3 is 0 Å². The lowest BCUT2D eigenvalue weighted by Gasteiger charge is -2.14. The Labute approximate surface area is 90.1 Å². The molecule has 0 saturated heterocycles. The Hall–Kier alpha value is -1.06. The third kappa shape index (κ3) is 6.10. The van der Waals surface area contributed by atoms with Crippen molar-refractivity contribution in [3.05, 3.63) is 10.4 Å². The zero-order valence-electron chi connectivity index (χ0n) is 9.55. The topological polar surface area (TPSA) is 86.1 Å². The lowest BCUT2D eigenvalue weighted by atomic mass is 9.91. The monoisotopic (exact) mass is 213 g/mol. The predicted molar refractivity (Wildman–Crippen MR) is 58.3 cm³/mol. The van der Waals surface area contributed by atoms with Crippen molar-refractivity contribution in [3.8, 4) is 0 Å². The first kappa shape index (κ1) is 13.9.